The number of rotatable bonds is 6. The summed E-state index contributed by atoms with van der Waals surface area (Å²) >= 11 is 0. The monoisotopic (exact) mass is 355 g/mol. The van der Waals surface area contributed by atoms with Crippen molar-refractivity contribution in [2.75, 3.05) is 26.4 Å². The van der Waals surface area contributed by atoms with Crippen LogP contribution >= 0.6 is 0 Å². The molecule has 1 aromatic carbocycles. The van der Waals surface area contributed by atoms with Gasteiger partial charge in [-0.3, -0.25) is 0 Å². The number of halogens is 1. The molecule has 0 amide bonds. The molecule has 0 radical (unpaired) electrons. The van der Waals surface area contributed by atoms with Crippen molar-refractivity contribution >= 4 is 10.0 Å². The van der Waals surface area contributed by atoms with Gasteiger partial charge in [0.1, 0.15) is 5.82 Å². The summed E-state index contributed by atoms with van der Waals surface area (Å²) < 4.78 is 51.8. The molecule has 7 heteroatoms. The lowest BCUT2D eigenvalue weighted by Gasteiger charge is -2.38. The summed E-state index contributed by atoms with van der Waals surface area (Å²) in [7, 11) is -3.65. The lowest BCUT2D eigenvalue weighted by molar-refractivity contribution is -0.0605. The molecule has 1 saturated heterocycles. The van der Waals surface area contributed by atoms with Gasteiger partial charge in [-0.25, -0.2) is 12.8 Å². The standard InChI is InChI=1S/C17H22FNO4S/c1-2-10-22-12-13-3-8-16-17(13)23-11-9-19(16)24(20,21)15-6-4-14(18)5-7-15/h2,4-7,13,16-17H,1,3,8-12H2/t13-,16+,17-/m0/s1. The summed E-state index contributed by atoms with van der Waals surface area (Å²) in [5.74, 6) is -0.268. The third kappa shape index (κ3) is 3.39. The topological polar surface area (TPSA) is 55.8 Å². The molecule has 0 unspecified atom stereocenters. The highest BCUT2D eigenvalue weighted by Gasteiger charge is 2.46. The molecule has 0 bridgehead atoms. The van der Waals surface area contributed by atoms with E-state index in [9.17, 15) is 12.8 Å². The third-order valence-electron chi connectivity index (χ3n) is 4.66. The smallest absolute Gasteiger partial charge is 0.243 e. The highest BCUT2D eigenvalue weighted by molar-refractivity contribution is 7.89. The van der Waals surface area contributed by atoms with Gasteiger partial charge in [0.15, 0.2) is 0 Å². The molecule has 2 fully saturated rings. The minimum atomic E-state index is -3.65. The van der Waals surface area contributed by atoms with Gasteiger partial charge in [0.2, 0.25) is 10.0 Å². The number of benzene rings is 1. The Morgan fingerprint density at radius 3 is 2.79 bits per heavy atom. The maximum Gasteiger partial charge on any atom is 0.243 e. The molecule has 5 nitrogen and oxygen atoms in total. The highest BCUT2D eigenvalue weighted by atomic mass is 32.2. The molecular weight excluding hydrogens is 333 g/mol. The van der Waals surface area contributed by atoms with Gasteiger partial charge in [0, 0.05) is 12.5 Å². The van der Waals surface area contributed by atoms with Crippen molar-refractivity contribution in [3.05, 3.63) is 42.7 Å². The summed E-state index contributed by atoms with van der Waals surface area (Å²) in [6.45, 7) is 5.32. The Morgan fingerprint density at radius 2 is 2.08 bits per heavy atom. The Kier molecular flexibility index (Phi) is 5.34. The van der Waals surface area contributed by atoms with Crippen LogP contribution in [0.1, 0.15) is 12.8 Å². The van der Waals surface area contributed by atoms with Crippen LogP contribution in [0.3, 0.4) is 0 Å². The van der Waals surface area contributed by atoms with Crippen molar-refractivity contribution in [2.45, 2.75) is 29.9 Å². The average Bonchev–Trinajstić information content (AvgIpc) is 2.99. The van der Waals surface area contributed by atoms with E-state index >= 15 is 0 Å². The Bertz CT molecular complexity index is 676. The molecule has 132 valence electrons. The minimum Gasteiger partial charge on any atom is -0.377 e. The largest absolute Gasteiger partial charge is 0.377 e. The van der Waals surface area contributed by atoms with Gasteiger partial charge < -0.3 is 9.47 Å². The van der Waals surface area contributed by atoms with Gasteiger partial charge in [0.05, 0.1) is 36.9 Å². The normalized spacial score (nSPS) is 27.8. The summed E-state index contributed by atoms with van der Waals surface area (Å²) in [6, 6.07) is 4.78. The van der Waals surface area contributed by atoms with Crippen molar-refractivity contribution in [3.63, 3.8) is 0 Å². The second-order valence-corrected chi connectivity index (χ2v) is 8.03. The lowest BCUT2D eigenvalue weighted by Crippen LogP contribution is -2.52. The van der Waals surface area contributed by atoms with E-state index in [4.69, 9.17) is 9.47 Å². The molecular formula is C17H22FNO4S. The van der Waals surface area contributed by atoms with E-state index < -0.39 is 15.8 Å². The summed E-state index contributed by atoms with van der Waals surface area (Å²) in [6.07, 6.45) is 3.15. The third-order valence-corrected chi connectivity index (χ3v) is 6.60. The van der Waals surface area contributed by atoms with Crippen LogP contribution in [0.5, 0.6) is 0 Å². The lowest BCUT2D eigenvalue weighted by atomic mass is 10.1. The highest BCUT2D eigenvalue weighted by Crippen LogP contribution is 2.37. The van der Waals surface area contributed by atoms with Crippen LogP contribution in [0, 0.1) is 11.7 Å². The molecule has 1 aliphatic carbocycles. The van der Waals surface area contributed by atoms with Crippen molar-refractivity contribution in [1.82, 2.24) is 4.31 Å². The summed E-state index contributed by atoms with van der Waals surface area (Å²) in [4.78, 5) is 0.121. The van der Waals surface area contributed by atoms with E-state index in [0.29, 0.717) is 26.4 Å². The van der Waals surface area contributed by atoms with Crippen molar-refractivity contribution in [2.24, 2.45) is 5.92 Å². The molecule has 0 N–H and O–H groups in total. The van der Waals surface area contributed by atoms with E-state index in [1.54, 1.807) is 6.08 Å². The molecule has 0 aromatic heterocycles. The van der Waals surface area contributed by atoms with E-state index in [0.717, 1.165) is 12.8 Å². The summed E-state index contributed by atoms with van der Waals surface area (Å²) in [5.41, 5.74) is 0. The van der Waals surface area contributed by atoms with Gasteiger partial charge in [-0.05, 0) is 37.1 Å². The minimum absolute atomic E-state index is 0.121. The predicted molar refractivity (Wildman–Crippen MR) is 87.6 cm³/mol. The van der Waals surface area contributed by atoms with Gasteiger partial charge in [-0.1, -0.05) is 6.08 Å². The van der Waals surface area contributed by atoms with Gasteiger partial charge in [-0.2, -0.15) is 4.31 Å². The van der Waals surface area contributed by atoms with Gasteiger partial charge in [0.25, 0.3) is 0 Å². The first kappa shape index (κ1) is 17.5. The second kappa shape index (κ2) is 7.31. The van der Waals surface area contributed by atoms with Crippen LogP contribution in [0.4, 0.5) is 4.39 Å². The molecule has 1 aliphatic heterocycles. The van der Waals surface area contributed by atoms with Crippen LogP contribution < -0.4 is 0 Å². The maximum atomic E-state index is 13.1. The number of fused-ring (bicyclic) bond motifs is 1. The van der Waals surface area contributed by atoms with Crippen LogP contribution in [0.15, 0.2) is 41.8 Å². The molecule has 24 heavy (non-hydrogen) atoms. The first-order chi connectivity index (χ1) is 11.5. The Morgan fingerprint density at radius 1 is 1.33 bits per heavy atom. The fourth-order valence-corrected chi connectivity index (χ4v) is 5.20. The zero-order valence-corrected chi connectivity index (χ0v) is 14.3. The maximum absolute atomic E-state index is 13.1. The Hall–Kier alpha value is -1.28. The Balaban J connectivity index is 1.77. The summed E-state index contributed by atoms with van der Waals surface area (Å²) in [5, 5.41) is 0. The number of sulfonamides is 1. The Labute approximate surface area is 142 Å². The first-order valence-electron chi connectivity index (χ1n) is 8.11. The first-order valence-corrected chi connectivity index (χ1v) is 9.55. The second-order valence-electron chi connectivity index (χ2n) is 6.14. The molecule has 1 saturated carbocycles. The number of nitrogens with zero attached hydrogens (tertiary/aromatic N) is 1. The number of hydrogen-bond acceptors (Lipinski definition) is 4. The van der Waals surface area contributed by atoms with Crippen LogP contribution in [-0.2, 0) is 19.5 Å². The fourth-order valence-electron chi connectivity index (χ4n) is 3.55. The van der Waals surface area contributed by atoms with Crippen molar-refractivity contribution < 1.29 is 22.3 Å². The SMILES string of the molecule is C=CCOC[C@@H]1CC[C@@H]2[C@H]1OCCN2S(=O)(=O)c1ccc(F)cc1. The number of ether oxygens (including phenoxy) is 2. The molecule has 3 rings (SSSR count). The molecule has 1 aromatic rings. The van der Waals surface area contributed by atoms with Gasteiger partial charge in [-0.15, -0.1) is 6.58 Å². The zero-order chi connectivity index (χ0) is 17.2. The van der Waals surface area contributed by atoms with Crippen LogP contribution in [0.2, 0.25) is 0 Å². The van der Waals surface area contributed by atoms with Crippen LogP contribution in [0.25, 0.3) is 0 Å². The zero-order valence-electron chi connectivity index (χ0n) is 13.4. The van der Waals surface area contributed by atoms with E-state index in [2.05, 4.69) is 6.58 Å². The fraction of sp³-hybridized carbons (Fsp3) is 0.529. The molecule has 0 spiro atoms. The average molecular weight is 355 g/mol. The van der Waals surface area contributed by atoms with Crippen molar-refractivity contribution in [1.29, 1.82) is 0 Å². The van der Waals surface area contributed by atoms with E-state index in [1.165, 1.54) is 28.6 Å². The van der Waals surface area contributed by atoms with E-state index in [1.807, 2.05) is 0 Å². The number of hydrogen-bond donors (Lipinski definition) is 0. The van der Waals surface area contributed by atoms with Gasteiger partial charge >= 0.3 is 0 Å². The van der Waals surface area contributed by atoms with E-state index in [-0.39, 0.29) is 23.0 Å². The molecule has 2 aliphatic rings. The molecule has 3 atom stereocenters. The quantitative estimate of drug-likeness (QED) is 0.580. The predicted octanol–water partition coefficient (Wildman–Crippen LogP) is 2.20. The van der Waals surface area contributed by atoms with Crippen molar-refractivity contribution in [3.8, 4) is 0 Å². The van der Waals surface area contributed by atoms with Crippen LogP contribution in [-0.4, -0.2) is 51.2 Å². The number of morpholine rings is 1. The molecule has 1 heterocycles.